The Morgan fingerprint density at radius 3 is 2.60 bits per heavy atom. The van der Waals surface area contributed by atoms with Crippen molar-refractivity contribution >= 4 is 27.5 Å². The van der Waals surface area contributed by atoms with Gasteiger partial charge in [-0.25, -0.2) is 8.42 Å². The second kappa shape index (κ2) is 10.5. The standard InChI is InChI=1S/C26H34ClN3O4S/c1-19-17-24(20(2)16-23(19)27)35(33,34)30-13-4-3-7-22(30)8-9-25(31)29-14-10-26(32,11-15-29)21-6-5-12-28-18-21/h5-6,12,16-18,22,32H,3-4,7-11,13-15H2,1-2H3. The zero-order valence-electron chi connectivity index (χ0n) is 20.4. The molecular weight excluding hydrogens is 486 g/mol. The number of nitrogens with zero attached hydrogens (tertiary/aromatic N) is 3. The first-order valence-electron chi connectivity index (χ1n) is 12.3. The molecule has 1 aromatic carbocycles. The monoisotopic (exact) mass is 519 g/mol. The minimum Gasteiger partial charge on any atom is -0.385 e. The van der Waals surface area contributed by atoms with E-state index in [1.54, 1.807) is 47.6 Å². The number of carbonyl (C=O) groups is 1. The van der Waals surface area contributed by atoms with Gasteiger partial charge in [0.05, 0.1) is 10.5 Å². The van der Waals surface area contributed by atoms with Crippen LogP contribution < -0.4 is 0 Å². The van der Waals surface area contributed by atoms with E-state index >= 15 is 0 Å². The van der Waals surface area contributed by atoms with Crippen LogP contribution in [0.15, 0.2) is 41.6 Å². The fraction of sp³-hybridized carbons (Fsp3) is 0.538. The lowest BCUT2D eigenvalue weighted by atomic mass is 9.85. The highest BCUT2D eigenvalue weighted by atomic mass is 35.5. The van der Waals surface area contributed by atoms with Gasteiger partial charge in [0.15, 0.2) is 0 Å². The fourth-order valence-corrected chi connectivity index (χ4v) is 7.47. The number of sulfonamides is 1. The predicted octanol–water partition coefficient (Wildman–Crippen LogP) is 4.19. The van der Waals surface area contributed by atoms with Gasteiger partial charge in [-0.2, -0.15) is 4.31 Å². The summed E-state index contributed by atoms with van der Waals surface area (Å²) in [6.07, 6.45) is 7.58. The lowest BCUT2D eigenvalue weighted by Gasteiger charge is -2.39. The molecule has 1 amide bonds. The van der Waals surface area contributed by atoms with Crippen molar-refractivity contribution in [3.63, 3.8) is 0 Å². The number of hydrogen-bond donors (Lipinski definition) is 1. The quantitative estimate of drug-likeness (QED) is 0.618. The number of carbonyl (C=O) groups excluding carboxylic acids is 1. The van der Waals surface area contributed by atoms with Crippen LogP contribution in [-0.2, 0) is 20.4 Å². The molecule has 2 fully saturated rings. The summed E-state index contributed by atoms with van der Waals surface area (Å²) in [5.41, 5.74) is 1.18. The van der Waals surface area contributed by atoms with Gasteiger partial charge in [0.1, 0.15) is 0 Å². The molecule has 0 bridgehead atoms. The lowest BCUT2D eigenvalue weighted by Crippen LogP contribution is -2.46. The highest BCUT2D eigenvalue weighted by Crippen LogP contribution is 2.34. The second-order valence-electron chi connectivity index (χ2n) is 9.82. The number of benzene rings is 1. The average molecular weight is 520 g/mol. The van der Waals surface area contributed by atoms with E-state index in [4.69, 9.17) is 11.6 Å². The number of likely N-dealkylation sites (tertiary alicyclic amines) is 1. The number of aryl methyl sites for hydroxylation is 2. The maximum absolute atomic E-state index is 13.6. The Morgan fingerprint density at radius 2 is 1.91 bits per heavy atom. The first kappa shape index (κ1) is 26.1. The van der Waals surface area contributed by atoms with E-state index < -0.39 is 15.6 Å². The normalized spacial score (nSPS) is 21.1. The van der Waals surface area contributed by atoms with E-state index in [0.717, 1.165) is 30.4 Å². The number of rotatable bonds is 6. The molecule has 2 aromatic rings. The van der Waals surface area contributed by atoms with Crippen LogP contribution in [-0.4, -0.2) is 59.3 Å². The van der Waals surface area contributed by atoms with E-state index in [2.05, 4.69) is 4.98 Å². The van der Waals surface area contributed by atoms with Crippen molar-refractivity contribution in [3.8, 4) is 0 Å². The van der Waals surface area contributed by atoms with Gasteiger partial charge in [0.25, 0.3) is 0 Å². The highest BCUT2D eigenvalue weighted by Gasteiger charge is 2.37. The summed E-state index contributed by atoms with van der Waals surface area (Å²) in [7, 11) is -3.69. The Balaban J connectivity index is 1.40. The van der Waals surface area contributed by atoms with E-state index in [9.17, 15) is 18.3 Å². The van der Waals surface area contributed by atoms with Crippen molar-refractivity contribution in [1.29, 1.82) is 0 Å². The summed E-state index contributed by atoms with van der Waals surface area (Å²) in [5.74, 6) is 0.0136. The Morgan fingerprint density at radius 1 is 1.17 bits per heavy atom. The Hall–Kier alpha value is -2.00. The second-order valence-corrected chi connectivity index (χ2v) is 12.1. The molecule has 2 saturated heterocycles. The molecule has 0 spiro atoms. The molecule has 4 rings (SSSR count). The van der Waals surface area contributed by atoms with E-state index in [1.165, 1.54) is 0 Å². The number of amides is 1. The number of pyridine rings is 1. The van der Waals surface area contributed by atoms with Gasteiger partial charge in [-0.05, 0) is 75.3 Å². The molecule has 190 valence electrons. The Labute approximate surface area is 213 Å². The number of aliphatic hydroxyl groups is 1. The fourth-order valence-electron chi connectivity index (χ4n) is 5.24. The molecule has 1 atom stereocenters. The SMILES string of the molecule is Cc1cc(S(=O)(=O)N2CCCCC2CCC(=O)N2CCC(O)(c3cccnc3)CC2)c(C)cc1Cl. The first-order chi connectivity index (χ1) is 16.6. The molecule has 2 aliphatic heterocycles. The van der Waals surface area contributed by atoms with Crippen LogP contribution in [0.1, 0.15) is 61.6 Å². The number of halogens is 1. The maximum Gasteiger partial charge on any atom is 0.243 e. The van der Waals surface area contributed by atoms with Crippen LogP contribution in [0.5, 0.6) is 0 Å². The summed E-state index contributed by atoms with van der Waals surface area (Å²) in [6.45, 7) is 4.98. The lowest BCUT2D eigenvalue weighted by molar-refractivity contribution is -0.136. The summed E-state index contributed by atoms with van der Waals surface area (Å²) >= 11 is 6.19. The molecule has 1 N–H and O–H groups in total. The van der Waals surface area contributed by atoms with Crippen LogP contribution >= 0.6 is 11.6 Å². The third kappa shape index (κ3) is 5.56. The van der Waals surface area contributed by atoms with Crippen molar-refractivity contribution < 1.29 is 18.3 Å². The molecule has 7 nitrogen and oxygen atoms in total. The Kier molecular flexibility index (Phi) is 7.86. The van der Waals surface area contributed by atoms with Gasteiger partial charge in [-0.15, -0.1) is 0 Å². The zero-order valence-corrected chi connectivity index (χ0v) is 22.0. The van der Waals surface area contributed by atoms with Crippen molar-refractivity contribution in [2.45, 2.75) is 75.3 Å². The topological polar surface area (TPSA) is 90.8 Å². The minimum atomic E-state index is -3.69. The molecule has 0 radical (unpaired) electrons. The number of hydrogen-bond acceptors (Lipinski definition) is 5. The molecule has 1 unspecified atom stereocenters. The molecule has 1 aromatic heterocycles. The van der Waals surface area contributed by atoms with E-state index in [0.29, 0.717) is 60.8 Å². The van der Waals surface area contributed by atoms with E-state index in [-0.39, 0.29) is 11.9 Å². The number of piperidine rings is 2. The van der Waals surface area contributed by atoms with Crippen molar-refractivity contribution in [2.75, 3.05) is 19.6 Å². The van der Waals surface area contributed by atoms with Gasteiger partial charge >= 0.3 is 0 Å². The summed E-state index contributed by atoms with van der Waals surface area (Å²) in [5, 5.41) is 11.6. The van der Waals surface area contributed by atoms with Gasteiger partial charge < -0.3 is 10.0 Å². The smallest absolute Gasteiger partial charge is 0.243 e. The molecule has 2 aliphatic rings. The average Bonchev–Trinajstić information content (AvgIpc) is 2.86. The number of aromatic nitrogens is 1. The third-order valence-corrected chi connectivity index (χ3v) is 9.95. The zero-order chi connectivity index (χ0) is 25.2. The molecular formula is C26H34ClN3O4S. The summed E-state index contributed by atoms with van der Waals surface area (Å²) in [6, 6.07) is 6.83. The van der Waals surface area contributed by atoms with Gasteiger partial charge in [-0.1, -0.05) is 24.1 Å². The summed E-state index contributed by atoms with van der Waals surface area (Å²) < 4.78 is 28.8. The first-order valence-corrected chi connectivity index (χ1v) is 14.1. The molecule has 3 heterocycles. The van der Waals surface area contributed by atoms with Crippen LogP contribution in [0.25, 0.3) is 0 Å². The van der Waals surface area contributed by atoms with Gasteiger partial charge in [0.2, 0.25) is 15.9 Å². The molecule has 0 aliphatic carbocycles. The van der Waals surface area contributed by atoms with E-state index in [1.807, 2.05) is 12.1 Å². The highest BCUT2D eigenvalue weighted by molar-refractivity contribution is 7.89. The van der Waals surface area contributed by atoms with Crippen LogP contribution in [0.3, 0.4) is 0 Å². The minimum absolute atomic E-state index is 0.0136. The van der Waals surface area contributed by atoms with Crippen molar-refractivity contribution in [2.24, 2.45) is 0 Å². The van der Waals surface area contributed by atoms with Crippen molar-refractivity contribution in [3.05, 3.63) is 58.4 Å². The predicted molar refractivity (Wildman–Crippen MR) is 136 cm³/mol. The largest absolute Gasteiger partial charge is 0.385 e. The third-order valence-electron chi connectivity index (χ3n) is 7.45. The van der Waals surface area contributed by atoms with Gasteiger partial charge in [0, 0.05) is 55.1 Å². The Bertz CT molecular complexity index is 1160. The maximum atomic E-state index is 13.6. The molecule has 35 heavy (non-hydrogen) atoms. The molecule has 9 heteroatoms. The van der Waals surface area contributed by atoms with Gasteiger partial charge in [-0.3, -0.25) is 9.78 Å². The van der Waals surface area contributed by atoms with Crippen LogP contribution in [0.2, 0.25) is 5.02 Å². The van der Waals surface area contributed by atoms with Crippen LogP contribution in [0, 0.1) is 13.8 Å². The van der Waals surface area contributed by atoms with Crippen molar-refractivity contribution in [1.82, 2.24) is 14.2 Å². The molecule has 0 saturated carbocycles. The summed E-state index contributed by atoms with van der Waals surface area (Å²) in [4.78, 5) is 19.2. The van der Waals surface area contributed by atoms with Crippen LogP contribution in [0.4, 0.5) is 0 Å².